The lowest BCUT2D eigenvalue weighted by Crippen LogP contribution is -2.38. The number of hydrogen-bond donors (Lipinski definition) is 1. The van der Waals surface area contributed by atoms with Crippen LogP contribution in [0.3, 0.4) is 0 Å². The van der Waals surface area contributed by atoms with Gasteiger partial charge in [0.1, 0.15) is 5.75 Å². The zero-order valence-corrected chi connectivity index (χ0v) is 12.7. The van der Waals surface area contributed by atoms with Crippen LogP contribution in [0.4, 0.5) is 0 Å². The summed E-state index contributed by atoms with van der Waals surface area (Å²) in [7, 11) is 1.78. The van der Waals surface area contributed by atoms with Crippen LogP contribution in [0.5, 0.6) is 5.75 Å². The number of rotatable bonds is 8. The Morgan fingerprint density at radius 2 is 2.25 bits per heavy atom. The summed E-state index contributed by atoms with van der Waals surface area (Å²) in [5.41, 5.74) is 1.37. The molecule has 112 valence electrons. The van der Waals surface area contributed by atoms with Crippen molar-refractivity contribution in [2.24, 2.45) is 0 Å². The van der Waals surface area contributed by atoms with Crippen LogP contribution in [-0.2, 0) is 4.74 Å². The molecule has 1 aromatic rings. The van der Waals surface area contributed by atoms with Crippen LogP contribution in [0.2, 0.25) is 0 Å². The van der Waals surface area contributed by atoms with Gasteiger partial charge in [-0.3, -0.25) is 0 Å². The number of fused-ring (bicyclic) bond motifs is 1. The molecule has 1 heterocycles. The third-order valence-electron chi connectivity index (χ3n) is 4.01. The first kappa shape index (κ1) is 15.3. The minimum absolute atomic E-state index is 0.523. The molecule has 0 bridgehead atoms. The van der Waals surface area contributed by atoms with Gasteiger partial charge in [-0.25, -0.2) is 0 Å². The Morgan fingerprint density at radius 1 is 1.40 bits per heavy atom. The minimum atomic E-state index is 0.523. The van der Waals surface area contributed by atoms with Crippen molar-refractivity contribution in [3.63, 3.8) is 0 Å². The van der Waals surface area contributed by atoms with E-state index in [2.05, 4.69) is 36.5 Å². The average Bonchev–Trinajstić information content (AvgIpc) is 2.50. The van der Waals surface area contributed by atoms with Crippen molar-refractivity contribution >= 4 is 0 Å². The Morgan fingerprint density at radius 3 is 3.05 bits per heavy atom. The second kappa shape index (κ2) is 8.28. The maximum Gasteiger partial charge on any atom is 0.122 e. The highest BCUT2D eigenvalue weighted by Crippen LogP contribution is 2.36. The molecule has 1 N–H and O–H groups in total. The molecule has 1 aliphatic rings. The van der Waals surface area contributed by atoms with Crippen molar-refractivity contribution in [2.75, 3.05) is 26.9 Å². The number of nitrogens with one attached hydrogen (secondary N) is 1. The molecule has 0 saturated carbocycles. The van der Waals surface area contributed by atoms with E-state index in [1.165, 1.54) is 12.0 Å². The molecule has 0 aromatic heterocycles. The number of methoxy groups -OCH3 is 1. The molecule has 20 heavy (non-hydrogen) atoms. The zero-order valence-electron chi connectivity index (χ0n) is 12.7. The van der Waals surface area contributed by atoms with Crippen LogP contribution >= 0.6 is 0 Å². The third kappa shape index (κ3) is 3.97. The highest BCUT2D eigenvalue weighted by atomic mass is 16.5. The lowest BCUT2D eigenvalue weighted by atomic mass is 9.84. The first-order chi connectivity index (χ1) is 9.86. The Kier molecular flexibility index (Phi) is 6.34. The first-order valence-corrected chi connectivity index (χ1v) is 7.80. The molecule has 2 rings (SSSR count). The molecule has 2 unspecified atom stereocenters. The third-order valence-corrected chi connectivity index (χ3v) is 4.01. The van der Waals surface area contributed by atoms with E-state index < -0.39 is 0 Å². The molecular weight excluding hydrogens is 250 g/mol. The van der Waals surface area contributed by atoms with Crippen LogP contribution < -0.4 is 10.1 Å². The fraction of sp³-hybridized carbons (Fsp3) is 0.647. The topological polar surface area (TPSA) is 30.5 Å². The van der Waals surface area contributed by atoms with Gasteiger partial charge in [0.2, 0.25) is 0 Å². The van der Waals surface area contributed by atoms with Crippen LogP contribution in [0, 0.1) is 0 Å². The van der Waals surface area contributed by atoms with Gasteiger partial charge in [0, 0.05) is 25.7 Å². The summed E-state index contributed by atoms with van der Waals surface area (Å²) in [6.07, 6.45) is 4.54. The second-order valence-electron chi connectivity index (χ2n) is 5.48. The van der Waals surface area contributed by atoms with Gasteiger partial charge >= 0.3 is 0 Å². The van der Waals surface area contributed by atoms with Gasteiger partial charge in [0.15, 0.2) is 0 Å². The van der Waals surface area contributed by atoms with Crippen molar-refractivity contribution in [3.05, 3.63) is 29.8 Å². The largest absolute Gasteiger partial charge is 0.493 e. The van der Waals surface area contributed by atoms with E-state index in [0.717, 1.165) is 44.8 Å². The normalized spacial score (nSPS) is 19.2. The maximum atomic E-state index is 5.78. The van der Waals surface area contributed by atoms with Gasteiger partial charge in [0.25, 0.3) is 0 Å². The van der Waals surface area contributed by atoms with E-state index in [0.29, 0.717) is 12.0 Å². The van der Waals surface area contributed by atoms with Gasteiger partial charge in [-0.1, -0.05) is 25.1 Å². The van der Waals surface area contributed by atoms with Gasteiger partial charge in [-0.2, -0.15) is 0 Å². The van der Waals surface area contributed by atoms with Crippen LogP contribution in [0.1, 0.15) is 44.1 Å². The number of para-hydroxylation sites is 1. The van der Waals surface area contributed by atoms with E-state index >= 15 is 0 Å². The van der Waals surface area contributed by atoms with Crippen molar-refractivity contribution in [1.82, 2.24) is 5.32 Å². The molecule has 0 saturated heterocycles. The smallest absolute Gasteiger partial charge is 0.122 e. The van der Waals surface area contributed by atoms with Gasteiger partial charge in [-0.15, -0.1) is 0 Å². The van der Waals surface area contributed by atoms with E-state index in [4.69, 9.17) is 9.47 Å². The fourth-order valence-electron chi connectivity index (χ4n) is 3.01. The average molecular weight is 277 g/mol. The summed E-state index contributed by atoms with van der Waals surface area (Å²) in [5.74, 6) is 1.63. The van der Waals surface area contributed by atoms with Crippen molar-refractivity contribution in [2.45, 2.75) is 44.6 Å². The van der Waals surface area contributed by atoms with E-state index in [1.54, 1.807) is 7.11 Å². The van der Waals surface area contributed by atoms with Crippen molar-refractivity contribution in [3.8, 4) is 5.75 Å². The molecule has 0 fully saturated rings. The fourth-order valence-corrected chi connectivity index (χ4v) is 3.01. The van der Waals surface area contributed by atoms with Gasteiger partial charge in [-0.05, 0) is 43.9 Å². The standard InChI is InChI=1S/C17H27NO2/c1-3-11-18-16(8-6-12-19-2)14-10-13-20-17-9-5-4-7-15(14)17/h4-5,7,9,14,16,18H,3,6,8,10-13H2,1-2H3. The van der Waals surface area contributed by atoms with Gasteiger partial charge in [0.05, 0.1) is 6.61 Å². The first-order valence-electron chi connectivity index (χ1n) is 7.80. The summed E-state index contributed by atoms with van der Waals surface area (Å²) in [6.45, 7) is 4.97. The molecular formula is C17H27NO2. The maximum absolute atomic E-state index is 5.78. The van der Waals surface area contributed by atoms with Crippen LogP contribution in [0.15, 0.2) is 24.3 Å². The Hall–Kier alpha value is -1.06. The lowest BCUT2D eigenvalue weighted by Gasteiger charge is -2.33. The van der Waals surface area contributed by atoms with Crippen molar-refractivity contribution < 1.29 is 9.47 Å². The molecule has 1 aromatic carbocycles. The molecule has 2 atom stereocenters. The quantitative estimate of drug-likeness (QED) is 0.739. The molecule has 0 spiro atoms. The number of benzene rings is 1. The molecule has 3 nitrogen and oxygen atoms in total. The number of ether oxygens (including phenoxy) is 2. The van der Waals surface area contributed by atoms with Crippen LogP contribution in [-0.4, -0.2) is 32.9 Å². The highest BCUT2D eigenvalue weighted by Gasteiger charge is 2.28. The SMILES string of the molecule is CCCNC(CCCOC)C1CCOc2ccccc21. The van der Waals surface area contributed by atoms with E-state index in [1.807, 2.05) is 0 Å². The summed E-state index contributed by atoms with van der Waals surface area (Å²) < 4.78 is 11.0. The Balaban J connectivity index is 2.07. The predicted octanol–water partition coefficient (Wildman–Crippen LogP) is 3.35. The molecule has 1 aliphatic heterocycles. The predicted molar refractivity (Wildman–Crippen MR) is 82.5 cm³/mol. The van der Waals surface area contributed by atoms with Crippen LogP contribution in [0.25, 0.3) is 0 Å². The van der Waals surface area contributed by atoms with E-state index in [9.17, 15) is 0 Å². The monoisotopic (exact) mass is 277 g/mol. The molecule has 0 radical (unpaired) electrons. The van der Waals surface area contributed by atoms with E-state index in [-0.39, 0.29) is 0 Å². The number of hydrogen-bond acceptors (Lipinski definition) is 3. The second-order valence-corrected chi connectivity index (χ2v) is 5.48. The van der Waals surface area contributed by atoms with Gasteiger partial charge < -0.3 is 14.8 Å². The summed E-state index contributed by atoms with van der Waals surface area (Å²) in [4.78, 5) is 0. The highest BCUT2D eigenvalue weighted by molar-refractivity contribution is 5.38. The molecule has 3 heteroatoms. The Bertz CT molecular complexity index is 394. The molecule has 0 aliphatic carbocycles. The van der Waals surface area contributed by atoms with Crippen molar-refractivity contribution in [1.29, 1.82) is 0 Å². The zero-order chi connectivity index (χ0) is 14.2. The summed E-state index contributed by atoms with van der Waals surface area (Å²) >= 11 is 0. The lowest BCUT2D eigenvalue weighted by molar-refractivity contribution is 0.182. The Labute approximate surface area is 122 Å². The summed E-state index contributed by atoms with van der Waals surface area (Å²) in [5, 5.41) is 3.73. The minimum Gasteiger partial charge on any atom is -0.493 e. The summed E-state index contributed by atoms with van der Waals surface area (Å²) in [6, 6.07) is 9.01. The molecule has 0 amide bonds.